The SMILES string of the molecule is Cc1ccc(N2C(=O)S/C(=C\c3ccc(-c4c(Cl)cccc4Cl)o3)C2=S)cc1. The Morgan fingerprint density at radius 2 is 1.71 bits per heavy atom. The molecule has 28 heavy (non-hydrogen) atoms. The zero-order valence-corrected chi connectivity index (χ0v) is 17.8. The molecule has 0 radical (unpaired) electrons. The van der Waals surface area contributed by atoms with Crippen LogP contribution in [0.15, 0.2) is 63.9 Å². The second-order valence-electron chi connectivity index (χ2n) is 6.15. The second-order valence-corrected chi connectivity index (χ2v) is 8.35. The maximum Gasteiger partial charge on any atom is 0.296 e. The first kappa shape index (κ1) is 19.3. The number of thioether (sulfide) groups is 1. The van der Waals surface area contributed by atoms with Crippen LogP contribution in [0.5, 0.6) is 0 Å². The number of furan rings is 1. The van der Waals surface area contributed by atoms with Crippen molar-refractivity contribution in [3.05, 3.63) is 80.9 Å². The zero-order chi connectivity index (χ0) is 19.8. The second kappa shape index (κ2) is 7.76. The summed E-state index contributed by atoms with van der Waals surface area (Å²) in [6.45, 7) is 1.99. The molecule has 0 N–H and O–H groups in total. The van der Waals surface area contributed by atoms with Gasteiger partial charge in [0.1, 0.15) is 16.5 Å². The number of carbonyl (C=O) groups is 1. The van der Waals surface area contributed by atoms with Gasteiger partial charge in [-0.05, 0) is 61.2 Å². The van der Waals surface area contributed by atoms with Crippen LogP contribution in [0.3, 0.4) is 0 Å². The Morgan fingerprint density at radius 1 is 1.04 bits per heavy atom. The number of benzene rings is 2. The van der Waals surface area contributed by atoms with E-state index in [2.05, 4.69) is 0 Å². The summed E-state index contributed by atoms with van der Waals surface area (Å²) < 4.78 is 5.89. The average Bonchev–Trinajstić information content (AvgIpc) is 3.21. The summed E-state index contributed by atoms with van der Waals surface area (Å²) in [4.78, 5) is 15.1. The van der Waals surface area contributed by atoms with E-state index in [1.807, 2.05) is 31.2 Å². The minimum atomic E-state index is -0.138. The molecular weight excluding hydrogens is 433 g/mol. The fourth-order valence-corrected chi connectivity index (χ4v) is 4.65. The first-order valence-electron chi connectivity index (χ1n) is 8.33. The Morgan fingerprint density at radius 3 is 2.39 bits per heavy atom. The number of hydrogen-bond donors (Lipinski definition) is 0. The van der Waals surface area contributed by atoms with Crippen LogP contribution < -0.4 is 4.90 Å². The molecule has 1 aliphatic heterocycles. The van der Waals surface area contributed by atoms with Crippen molar-refractivity contribution in [1.82, 2.24) is 0 Å². The number of carbonyl (C=O) groups excluding carboxylic acids is 1. The van der Waals surface area contributed by atoms with Crippen LogP contribution in [0, 0.1) is 6.92 Å². The van der Waals surface area contributed by atoms with Gasteiger partial charge >= 0.3 is 0 Å². The van der Waals surface area contributed by atoms with Crippen LogP contribution in [0.4, 0.5) is 10.5 Å². The first-order valence-corrected chi connectivity index (χ1v) is 10.3. The van der Waals surface area contributed by atoms with Crippen LogP contribution in [0.1, 0.15) is 11.3 Å². The topological polar surface area (TPSA) is 33.5 Å². The van der Waals surface area contributed by atoms with Gasteiger partial charge in [0.15, 0.2) is 0 Å². The highest BCUT2D eigenvalue weighted by molar-refractivity contribution is 8.20. The number of rotatable bonds is 3. The number of nitrogens with zero attached hydrogens (tertiary/aromatic N) is 1. The van der Waals surface area contributed by atoms with E-state index in [9.17, 15) is 4.79 Å². The maximum absolute atomic E-state index is 12.5. The molecule has 2 heterocycles. The number of aryl methyl sites for hydroxylation is 1. The molecule has 1 saturated heterocycles. The van der Waals surface area contributed by atoms with Crippen LogP contribution >= 0.6 is 47.2 Å². The number of thiocarbonyl (C=S) groups is 1. The van der Waals surface area contributed by atoms with Crippen molar-refractivity contribution < 1.29 is 9.21 Å². The summed E-state index contributed by atoms with van der Waals surface area (Å²) in [5.41, 5.74) is 2.50. The monoisotopic (exact) mass is 445 g/mol. The molecule has 4 rings (SSSR count). The van der Waals surface area contributed by atoms with Crippen molar-refractivity contribution in [3.63, 3.8) is 0 Å². The molecular formula is C21H13Cl2NO2S2. The highest BCUT2D eigenvalue weighted by atomic mass is 35.5. The van der Waals surface area contributed by atoms with E-state index >= 15 is 0 Å². The summed E-state index contributed by atoms with van der Waals surface area (Å²) >= 11 is 19.1. The molecule has 3 nitrogen and oxygen atoms in total. The lowest BCUT2D eigenvalue weighted by Gasteiger charge is -2.14. The Kier molecular flexibility index (Phi) is 5.34. The van der Waals surface area contributed by atoms with Crippen molar-refractivity contribution in [1.29, 1.82) is 0 Å². The number of amides is 1. The molecule has 7 heteroatoms. The molecule has 1 fully saturated rings. The molecule has 0 saturated carbocycles. The van der Waals surface area contributed by atoms with Crippen molar-refractivity contribution in [2.45, 2.75) is 6.92 Å². The van der Waals surface area contributed by atoms with E-state index in [4.69, 9.17) is 39.8 Å². The van der Waals surface area contributed by atoms with E-state index in [-0.39, 0.29) is 5.24 Å². The van der Waals surface area contributed by atoms with Crippen LogP contribution in [-0.2, 0) is 0 Å². The molecule has 0 aliphatic carbocycles. The molecule has 0 atom stereocenters. The van der Waals surface area contributed by atoms with Gasteiger partial charge in [-0.25, -0.2) is 0 Å². The molecule has 140 valence electrons. The standard InChI is InChI=1S/C21H13Cl2NO2S2/c1-12-5-7-13(8-6-12)24-20(27)18(28-21(24)25)11-14-9-10-17(26-14)19-15(22)3-2-4-16(19)23/h2-11H,1H3/b18-11-. The summed E-state index contributed by atoms with van der Waals surface area (Å²) in [6.07, 6.45) is 1.76. The minimum Gasteiger partial charge on any atom is -0.457 e. The minimum absolute atomic E-state index is 0.138. The lowest BCUT2D eigenvalue weighted by atomic mass is 10.2. The Hall–Kier alpha value is -2.05. The molecule has 3 aromatic rings. The number of halogens is 2. The van der Waals surface area contributed by atoms with Gasteiger partial charge in [0.2, 0.25) is 0 Å². The van der Waals surface area contributed by atoms with Crippen LogP contribution in [0.25, 0.3) is 17.4 Å². The Balaban J connectivity index is 1.64. The highest BCUT2D eigenvalue weighted by Gasteiger charge is 2.33. The zero-order valence-electron chi connectivity index (χ0n) is 14.6. The number of anilines is 1. The third-order valence-corrected chi connectivity index (χ3v) is 6.25. The van der Waals surface area contributed by atoms with Crippen LogP contribution in [-0.4, -0.2) is 10.2 Å². The molecule has 1 amide bonds. The normalized spacial score (nSPS) is 15.7. The van der Waals surface area contributed by atoms with E-state index in [0.29, 0.717) is 37.0 Å². The molecule has 1 aromatic heterocycles. The maximum atomic E-state index is 12.5. The fourth-order valence-electron chi connectivity index (χ4n) is 2.81. The highest BCUT2D eigenvalue weighted by Crippen LogP contribution is 2.39. The summed E-state index contributed by atoms with van der Waals surface area (Å²) in [7, 11) is 0. The van der Waals surface area contributed by atoms with Crippen molar-refractivity contribution in [2.24, 2.45) is 0 Å². The van der Waals surface area contributed by atoms with E-state index < -0.39 is 0 Å². The molecule has 0 spiro atoms. The van der Waals surface area contributed by atoms with E-state index in [1.165, 1.54) is 4.90 Å². The van der Waals surface area contributed by atoms with Gasteiger partial charge < -0.3 is 4.42 Å². The smallest absolute Gasteiger partial charge is 0.296 e. The van der Waals surface area contributed by atoms with Gasteiger partial charge in [-0.15, -0.1) is 0 Å². The molecule has 2 aromatic carbocycles. The largest absolute Gasteiger partial charge is 0.457 e. The van der Waals surface area contributed by atoms with Gasteiger partial charge in [-0.3, -0.25) is 9.69 Å². The van der Waals surface area contributed by atoms with Gasteiger partial charge in [0, 0.05) is 0 Å². The van der Waals surface area contributed by atoms with Gasteiger partial charge in [-0.1, -0.05) is 59.2 Å². The molecule has 0 bridgehead atoms. The molecule has 0 unspecified atom stereocenters. The lowest BCUT2D eigenvalue weighted by Crippen LogP contribution is -2.26. The quantitative estimate of drug-likeness (QED) is 0.306. The summed E-state index contributed by atoms with van der Waals surface area (Å²) in [5.74, 6) is 1.12. The lowest BCUT2D eigenvalue weighted by molar-refractivity contribution is 0.268. The average molecular weight is 446 g/mol. The third kappa shape index (κ3) is 3.63. The number of hydrogen-bond acceptors (Lipinski definition) is 4. The summed E-state index contributed by atoms with van der Waals surface area (Å²) in [5, 5.41) is 0.876. The predicted molar refractivity (Wildman–Crippen MR) is 121 cm³/mol. The molecule has 1 aliphatic rings. The van der Waals surface area contributed by atoms with E-state index in [0.717, 1.165) is 23.0 Å². The predicted octanol–water partition coefficient (Wildman–Crippen LogP) is 7.60. The van der Waals surface area contributed by atoms with Crippen LogP contribution in [0.2, 0.25) is 10.0 Å². The third-order valence-electron chi connectivity index (χ3n) is 4.20. The van der Waals surface area contributed by atoms with Crippen molar-refractivity contribution in [2.75, 3.05) is 4.90 Å². The van der Waals surface area contributed by atoms with Gasteiger partial charge in [-0.2, -0.15) is 0 Å². The van der Waals surface area contributed by atoms with Gasteiger partial charge in [0.05, 0.1) is 26.2 Å². The van der Waals surface area contributed by atoms with Gasteiger partial charge in [0.25, 0.3) is 5.24 Å². The Bertz CT molecular complexity index is 1100. The van der Waals surface area contributed by atoms with Crippen molar-refractivity contribution >= 4 is 69.2 Å². The fraction of sp³-hybridized carbons (Fsp3) is 0.0476. The Labute approximate surface area is 181 Å². The summed E-state index contributed by atoms with van der Waals surface area (Å²) in [6, 6.07) is 16.5. The van der Waals surface area contributed by atoms with Crippen molar-refractivity contribution in [3.8, 4) is 11.3 Å². The van der Waals surface area contributed by atoms with E-state index in [1.54, 1.807) is 36.4 Å². The first-order chi connectivity index (χ1) is 13.4.